The quantitative estimate of drug-likeness (QED) is 0.761. The molecule has 4 atom stereocenters. The number of rotatable bonds is 6. The van der Waals surface area contributed by atoms with E-state index in [1.165, 1.54) is 12.8 Å². The number of piperidine rings is 1. The number of carbonyl (C=O) groups is 1. The molecule has 0 radical (unpaired) electrons. The highest BCUT2D eigenvalue weighted by molar-refractivity contribution is 5.80. The van der Waals surface area contributed by atoms with E-state index in [1.807, 2.05) is 20.9 Å². The number of carbonyl (C=O) groups excluding carboxylic acids is 1. The van der Waals surface area contributed by atoms with Crippen LogP contribution in [0.3, 0.4) is 0 Å². The van der Waals surface area contributed by atoms with E-state index in [-0.39, 0.29) is 5.97 Å². The fraction of sp³-hybridized carbons (Fsp3) is 0.938. The first-order chi connectivity index (χ1) is 9.34. The van der Waals surface area contributed by atoms with E-state index in [4.69, 9.17) is 4.74 Å². The van der Waals surface area contributed by atoms with Crippen LogP contribution in [-0.2, 0) is 9.53 Å². The number of nitrogens with zero attached hydrogens (tertiary/aromatic N) is 1. The van der Waals surface area contributed by atoms with Crippen molar-refractivity contribution >= 4 is 5.97 Å². The lowest BCUT2D eigenvalue weighted by atomic mass is 9.88. The minimum atomic E-state index is -0.599. The molecule has 1 heterocycles. The summed E-state index contributed by atoms with van der Waals surface area (Å²) in [5.41, 5.74) is -0.599. The Morgan fingerprint density at radius 3 is 2.65 bits per heavy atom. The normalized spacial score (nSPS) is 28.7. The molecule has 1 rings (SSSR count). The van der Waals surface area contributed by atoms with Crippen LogP contribution in [0, 0.1) is 5.92 Å². The van der Waals surface area contributed by atoms with Gasteiger partial charge in [-0.3, -0.25) is 9.69 Å². The van der Waals surface area contributed by atoms with E-state index >= 15 is 0 Å². The van der Waals surface area contributed by atoms with E-state index in [0.717, 1.165) is 18.9 Å². The Kier molecular flexibility index (Phi) is 6.46. The van der Waals surface area contributed by atoms with Gasteiger partial charge in [-0.1, -0.05) is 6.92 Å². The van der Waals surface area contributed by atoms with Crippen molar-refractivity contribution in [2.45, 2.75) is 71.5 Å². The summed E-state index contributed by atoms with van der Waals surface area (Å²) < 4.78 is 5.21. The van der Waals surface area contributed by atoms with Crippen LogP contribution < -0.4 is 5.32 Å². The van der Waals surface area contributed by atoms with Crippen molar-refractivity contribution in [2.75, 3.05) is 20.2 Å². The molecule has 1 aliphatic rings. The Balaban J connectivity index is 2.67. The average molecular weight is 284 g/mol. The predicted molar refractivity (Wildman–Crippen MR) is 82.7 cm³/mol. The first kappa shape index (κ1) is 17.4. The van der Waals surface area contributed by atoms with Crippen molar-refractivity contribution in [1.29, 1.82) is 0 Å². The highest BCUT2D eigenvalue weighted by Crippen LogP contribution is 2.27. The second kappa shape index (κ2) is 7.41. The molecule has 4 nitrogen and oxygen atoms in total. The van der Waals surface area contributed by atoms with Gasteiger partial charge in [0.1, 0.15) is 5.54 Å². The van der Waals surface area contributed by atoms with Gasteiger partial charge in [0.05, 0.1) is 6.61 Å². The number of hydrogen-bond acceptors (Lipinski definition) is 4. The van der Waals surface area contributed by atoms with Gasteiger partial charge in [-0.2, -0.15) is 0 Å². The predicted octanol–water partition coefficient (Wildman–Crippen LogP) is 2.43. The molecule has 0 aliphatic carbocycles. The summed E-state index contributed by atoms with van der Waals surface area (Å²) >= 11 is 0. The Morgan fingerprint density at radius 1 is 1.50 bits per heavy atom. The van der Waals surface area contributed by atoms with Crippen LogP contribution in [-0.4, -0.2) is 48.7 Å². The monoisotopic (exact) mass is 284 g/mol. The van der Waals surface area contributed by atoms with Gasteiger partial charge < -0.3 is 10.1 Å². The van der Waals surface area contributed by atoms with Crippen molar-refractivity contribution in [1.82, 2.24) is 10.2 Å². The second-order valence-electron chi connectivity index (χ2n) is 6.57. The van der Waals surface area contributed by atoms with Crippen molar-refractivity contribution in [3.63, 3.8) is 0 Å². The molecule has 0 amide bonds. The molecule has 0 aromatic carbocycles. The molecule has 4 heteroatoms. The third kappa shape index (κ3) is 4.19. The third-order valence-corrected chi connectivity index (χ3v) is 4.74. The molecule has 0 aromatic rings. The van der Waals surface area contributed by atoms with Crippen LogP contribution in [0.5, 0.6) is 0 Å². The van der Waals surface area contributed by atoms with Gasteiger partial charge in [-0.15, -0.1) is 0 Å². The largest absolute Gasteiger partial charge is 0.465 e. The van der Waals surface area contributed by atoms with Crippen LogP contribution in [0.15, 0.2) is 0 Å². The molecule has 1 fully saturated rings. The SMILES string of the molecule is CCOC(=O)C(C)(CC(C)N1CCC(C)CC1C)NC. The minimum Gasteiger partial charge on any atom is -0.465 e. The number of hydrogen-bond donors (Lipinski definition) is 1. The topological polar surface area (TPSA) is 41.6 Å². The first-order valence-electron chi connectivity index (χ1n) is 7.96. The van der Waals surface area contributed by atoms with Crippen LogP contribution in [0.2, 0.25) is 0 Å². The van der Waals surface area contributed by atoms with Gasteiger partial charge in [-0.25, -0.2) is 0 Å². The summed E-state index contributed by atoms with van der Waals surface area (Å²) in [6.07, 6.45) is 3.28. The summed E-state index contributed by atoms with van der Waals surface area (Å²) in [7, 11) is 1.84. The lowest BCUT2D eigenvalue weighted by Gasteiger charge is -2.43. The standard InChI is InChI=1S/C16H32N2O2/c1-7-20-15(19)16(5,17-6)11-14(4)18-9-8-12(2)10-13(18)3/h12-14,17H,7-11H2,1-6H3. The summed E-state index contributed by atoms with van der Waals surface area (Å²) in [4.78, 5) is 14.7. The molecule has 0 aromatic heterocycles. The fourth-order valence-corrected chi connectivity index (χ4v) is 3.37. The number of ether oxygens (including phenoxy) is 1. The molecule has 0 bridgehead atoms. The van der Waals surface area contributed by atoms with Crippen molar-refractivity contribution in [3.8, 4) is 0 Å². The first-order valence-corrected chi connectivity index (χ1v) is 7.96. The summed E-state index contributed by atoms with van der Waals surface area (Å²) in [5.74, 6) is 0.668. The van der Waals surface area contributed by atoms with Gasteiger partial charge in [0.25, 0.3) is 0 Å². The molecule has 20 heavy (non-hydrogen) atoms. The summed E-state index contributed by atoms with van der Waals surface area (Å²) in [6.45, 7) is 12.2. The van der Waals surface area contributed by atoms with Crippen LogP contribution in [0.4, 0.5) is 0 Å². The van der Waals surface area contributed by atoms with Gasteiger partial charge in [0.15, 0.2) is 0 Å². The average Bonchev–Trinajstić information content (AvgIpc) is 2.38. The third-order valence-electron chi connectivity index (χ3n) is 4.74. The van der Waals surface area contributed by atoms with Crippen LogP contribution >= 0.6 is 0 Å². The molecule has 1 saturated heterocycles. The Hall–Kier alpha value is -0.610. The number of esters is 1. The molecule has 1 N–H and O–H groups in total. The van der Waals surface area contributed by atoms with Gasteiger partial charge in [0.2, 0.25) is 0 Å². The smallest absolute Gasteiger partial charge is 0.326 e. The number of nitrogens with one attached hydrogen (secondary N) is 1. The minimum absolute atomic E-state index is 0.146. The van der Waals surface area contributed by atoms with Gasteiger partial charge in [-0.05, 0) is 66.5 Å². The lowest BCUT2D eigenvalue weighted by molar-refractivity contribution is -0.151. The van der Waals surface area contributed by atoms with Gasteiger partial charge >= 0.3 is 5.97 Å². The molecule has 1 aliphatic heterocycles. The zero-order valence-electron chi connectivity index (χ0n) is 14.0. The molecule has 0 saturated carbocycles. The van der Waals surface area contributed by atoms with Crippen molar-refractivity contribution < 1.29 is 9.53 Å². The van der Waals surface area contributed by atoms with E-state index in [0.29, 0.717) is 18.7 Å². The number of likely N-dealkylation sites (tertiary alicyclic amines) is 1. The highest BCUT2D eigenvalue weighted by atomic mass is 16.5. The van der Waals surface area contributed by atoms with E-state index in [9.17, 15) is 4.79 Å². The van der Waals surface area contributed by atoms with Crippen molar-refractivity contribution in [2.24, 2.45) is 5.92 Å². The zero-order valence-corrected chi connectivity index (χ0v) is 14.0. The van der Waals surface area contributed by atoms with E-state index in [2.05, 4.69) is 31.0 Å². The van der Waals surface area contributed by atoms with E-state index < -0.39 is 5.54 Å². The fourth-order valence-electron chi connectivity index (χ4n) is 3.37. The molecule has 118 valence electrons. The summed E-state index contributed by atoms with van der Waals surface area (Å²) in [6, 6.07) is 0.969. The van der Waals surface area contributed by atoms with Crippen molar-refractivity contribution in [3.05, 3.63) is 0 Å². The van der Waals surface area contributed by atoms with Crippen LogP contribution in [0.25, 0.3) is 0 Å². The van der Waals surface area contributed by atoms with Crippen LogP contribution in [0.1, 0.15) is 53.9 Å². The maximum Gasteiger partial charge on any atom is 0.326 e. The molecular formula is C16H32N2O2. The highest BCUT2D eigenvalue weighted by Gasteiger charge is 2.37. The Labute approximate surface area is 124 Å². The molecule has 4 unspecified atom stereocenters. The molecular weight excluding hydrogens is 252 g/mol. The Bertz CT molecular complexity index is 322. The summed E-state index contributed by atoms with van der Waals surface area (Å²) in [5, 5.41) is 3.16. The zero-order chi connectivity index (χ0) is 15.3. The maximum atomic E-state index is 12.1. The van der Waals surface area contributed by atoms with E-state index in [1.54, 1.807) is 0 Å². The molecule has 0 spiro atoms. The lowest BCUT2D eigenvalue weighted by Crippen LogP contribution is -2.55. The maximum absolute atomic E-state index is 12.1. The Morgan fingerprint density at radius 2 is 2.15 bits per heavy atom. The van der Waals surface area contributed by atoms with Gasteiger partial charge in [0, 0.05) is 12.1 Å². The second-order valence-corrected chi connectivity index (χ2v) is 6.57. The number of likely N-dealkylation sites (N-methyl/N-ethyl adjacent to an activating group) is 1.